The van der Waals surface area contributed by atoms with Crippen LogP contribution in [-0.4, -0.2) is 55.3 Å². The van der Waals surface area contributed by atoms with E-state index < -0.39 is 30.2 Å². The molecule has 32 heavy (non-hydrogen) atoms. The molecule has 0 aliphatic carbocycles. The van der Waals surface area contributed by atoms with Crippen LogP contribution in [-0.2, 0) is 9.53 Å². The lowest BCUT2D eigenvalue weighted by Crippen LogP contribution is -2.37. The van der Waals surface area contributed by atoms with E-state index in [1.807, 2.05) is 0 Å². The topological polar surface area (TPSA) is 96.0 Å². The van der Waals surface area contributed by atoms with Gasteiger partial charge in [-0.1, -0.05) is 23.2 Å². The van der Waals surface area contributed by atoms with Gasteiger partial charge in [-0.15, -0.1) is 0 Å². The van der Waals surface area contributed by atoms with E-state index in [0.717, 1.165) is 36.5 Å². The van der Waals surface area contributed by atoms with E-state index in [1.165, 1.54) is 25.3 Å². The number of rotatable bonds is 5. The third-order valence-corrected chi connectivity index (χ3v) is 6.17. The lowest BCUT2D eigenvalue weighted by atomic mass is 10.1. The Bertz CT molecular complexity index is 1100. The molecule has 0 bridgehead atoms. The second kappa shape index (κ2) is 8.80. The summed E-state index contributed by atoms with van der Waals surface area (Å²) in [5.41, 5.74) is 1.63. The zero-order chi connectivity index (χ0) is 23.0. The van der Waals surface area contributed by atoms with Gasteiger partial charge in [-0.2, -0.15) is 0 Å². The molecule has 0 atom stereocenters. The van der Waals surface area contributed by atoms with Crippen LogP contribution in [0.2, 0.25) is 10.0 Å². The number of nitrogens with zero attached hydrogens (tertiary/aromatic N) is 2. The number of carbonyl (C=O) groups is 4. The largest absolute Gasteiger partial charge is 0.465 e. The number of imide groups is 1. The van der Waals surface area contributed by atoms with Crippen LogP contribution < -0.4 is 10.2 Å². The average molecular weight is 476 g/mol. The average Bonchev–Trinajstić information content (AvgIpc) is 3.38. The van der Waals surface area contributed by atoms with E-state index in [9.17, 15) is 19.2 Å². The van der Waals surface area contributed by atoms with Crippen LogP contribution in [0.25, 0.3) is 0 Å². The van der Waals surface area contributed by atoms with Crippen LogP contribution in [0, 0.1) is 0 Å². The SMILES string of the molecule is COC(=O)c1ccc(N2CCCC2)c(NC(=O)CN2C(=O)c3cc(Cl)c(Cl)cc3C2=O)c1. The second-order valence-electron chi connectivity index (χ2n) is 7.47. The van der Waals surface area contributed by atoms with Gasteiger partial charge in [0, 0.05) is 13.1 Å². The Morgan fingerprint density at radius 3 is 2.16 bits per heavy atom. The molecule has 1 saturated heterocycles. The molecule has 0 radical (unpaired) electrons. The van der Waals surface area contributed by atoms with Gasteiger partial charge < -0.3 is 15.0 Å². The van der Waals surface area contributed by atoms with Crippen molar-refractivity contribution in [2.75, 3.05) is 37.0 Å². The first-order chi connectivity index (χ1) is 15.3. The number of methoxy groups -OCH3 is 1. The first-order valence-electron chi connectivity index (χ1n) is 9.92. The molecular formula is C22H19Cl2N3O5. The summed E-state index contributed by atoms with van der Waals surface area (Å²) in [7, 11) is 1.27. The van der Waals surface area contributed by atoms with Crippen molar-refractivity contribution in [3.63, 3.8) is 0 Å². The molecule has 1 fully saturated rings. The molecule has 10 heteroatoms. The number of anilines is 2. The van der Waals surface area contributed by atoms with Crippen molar-refractivity contribution in [2.24, 2.45) is 0 Å². The Hall–Kier alpha value is -3.10. The fraction of sp³-hybridized carbons (Fsp3) is 0.273. The van der Waals surface area contributed by atoms with Gasteiger partial charge in [0.2, 0.25) is 5.91 Å². The number of hydrogen-bond acceptors (Lipinski definition) is 6. The predicted octanol–water partition coefficient (Wildman–Crippen LogP) is 3.61. The maximum absolute atomic E-state index is 12.8. The number of esters is 1. The number of carbonyl (C=O) groups excluding carboxylic acids is 4. The molecule has 0 saturated carbocycles. The molecule has 0 unspecified atom stereocenters. The van der Waals surface area contributed by atoms with Gasteiger partial charge in [-0.3, -0.25) is 19.3 Å². The molecule has 0 spiro atoms. The number of halogens is 2. The molecule has 166 valence electrons. The number of ether oxygens (including phenoxy) is 1. The third-order valence-electron chi connectivity index (χ3n) is 5.45. The van der Waals surface area contributed by atoms with Crippen LogP contribution in [0.3, 0.4) is 0 Å². The van der Waals surface area contributed by atoms with Crippen LogP contribution >= 0.6 is 23.2 Å². The van der Waals surface area contributed by atoms with Crippen molar-refractivity contribution in [1.82, 2.24) is 4.90 Å². The molecule has 2 heterocycles. The van der Waals surface area contributed by atoms with Gasteiger partial charge >= 0.3 is 5.97 Å². The first-order valence-corrected chi connectivity index (χ1v) is 10.7. The minimum absolute atomic E-state index is 0.0997. The summed E-state index contributed by atoms with van der Waals surface area (Å²) >= 11 is 11.9. The molecule has 4 rings (SSSR count). The van der Waals surface area contributed by atoms with Crippen LogP contribution in [0.15, 0.2) is 30.3 Å². The monoisotopic (exact) mass is 475 g/mol. The molecule has 0 aromatic heterocycles. The van der Waals surface area contributed by atoms with E-state index in [0.29, 0.717) is 5.69 Å². The van der Waals surface area contributed by atoms with Crippen LogP contribution in [0.4, 0.5) is 11.4 Å². The molecule has 2 aliphatic heterocycles. The van der Waals surface area contributed by atoms with Gasteiger partial charge in [-0.25, -0.2) is 4.79 Å². The summed E-state index contributed by atoms with van der Waals surface area (Å²) in [5.74, 6) is -2.37. The number of nitrogens with one attached hydrogen (secondary N) is 1. The van der Waals surface area contributed by atoms with Crippen molar-refractivity contribution in [3.8, 4) is 0 Å². The number of benzene rings is 2. The van der Waals surface area contributed by atoms with Crippen LogP contribution in [0.5, 0.6) is 0 Å². The quantitative estimate of drug-likeness (QED) is 0.523. The summed E-state index contributed by atoms with van der Waals surface area (Å²) in [4.78, 5) is 53.1. The molecule has 2 aromatic rings. The van der Waals surface area contributed by atoms with E-state index in [-0.39, 0.29) is 26.7 Å². The van der Waals surface area contributed by atoms with E-state index in [1.54, 1.807) is 12.1 Å². The Morgan fingerprint density at radius 1 is 1.00 bits per heavy atom. The highest BCUT2D eigenvalue weighted by Crippen LogP contribution is 2.33. The van der Waals surface area contributed by atoms with Gasteiger partial charge in [0.15, 0.2) is 0 Å². The molecule has 2 aromatic carbocycles. The van der Waals surface area contributed by atoms with Gasteiger partial charge in [0.05, 0.1) is 45.2 Å². The van der Waals surface area contributed by atoms with Crippen molar-refractivity contribution < 1.29 is 23.9 Å². The maximum atomic E-state index is 12.8. The highest BCUT2D eigenvalue weighted by Gasteiger charge is 2.37. The van der Waals surface area contributed by atoms with Crippen molar-refractivity contribution in [1.29, 1.82) is 0 Å². The number of hydrogen-bond donors (Lipinski definition) is 1. The second-order valence-corrected chi connectivity index (χ2v) is 8.29. The number of amides is 3. The fourth-order valence-corrected chi connectivity index (χ4v) is 4.20. The minimum Gasteiger partial charge on any atom is -0.465 e. The molecule has 2 aliphatic rings. The highest BCUT2D eigenvalue weighted by atomic mass is 35.5. The van der Waals surface area contributed by atoms with Crippen LogP contribution in [0.1, 0.15) is 43.9 Å². The summed E-state index contributed by atoms with van der Waals surface area (Å²) in [5, 5.41) is 3.03. The van der Waals surface area contributed by atoms with Crippen molar-refractivity contribution in [2.45, 2.75) is 12.8 Å². The smallest absolute Gasteiger partial charge is 0.337 e. The zero-order valence-corrected chi connectivity index (χ0v) is 18.6. The molecule has 3 amide bonds. The van der Waals surface area contributed by atoms with Gasteiger partial charge in [0.25, 0.3) is 11.8 Å². The Labute approximate surface area is 194 Å². The standard InChI is InChI=1S/C22H19Cl2N3O5/c1-32-22(31)12-4-5-18(26-6-2-3-7-26)17(8-12)25-19(28)11-27-20(29)13-9-15(23)16(24)10-14(13)21(27)30/h4-5,8-10H,2-3,6-7,11H2,1H3,(H,25,28). The molecule has 8 nitrogen and oxygen atoms in total. The number of fused-ring (bicyclic) bond motifs is 1. The summed E-state index contributed by atoms with van der Waals surface area (Å²) in [6, 6.07) is 7.55. The lowest BCUT2D eigenvalue weighted by Gasteiger charge is -2.23. The lowest BCUT2D eigenvalue weighted by molar-refractivity contribution is -0.116. The van der Waals surface area contributed by atoms with E-state index in [4.69, 9.17) is 27.9 Å². The summed E-state index contributed by atoms with van der Waals surface area (Å²) in [6.45, 7) is 1.14. The zero-order valence-electron chi connectivity index (χ0n) is 17.1. The summed E-state index contributed by atoms with van der Waals surface area (Å²) in [6.07, 6.45) is 2.04. The fourth-order valence-electron chi connectivity index (χ4n) is 3.88. The Balaban J connectivity index is 1.57. The normalized spacial score (nSPS) is 15.2. The van der Waals surface area contributed by atoms with E-state index in [2.05, 4.69) is 10.2 Å². The van der Waals surface area contributed by atoms with Crippen molar-refractivity contribution in [3.05, 3.63) is 57.1 Å². The minimum atomic E-state index is -0.623. The predicted molar refractivity (Wildman–Crippen MR) is 120 cm³/mol. The Kier molecular flexibility index (Phi) is 6.08. The van der Waals surface area contributed by atoms with Gasteiger partial charge in [0.1, 0.15) is 6.54 Å². The molecular weight excluding hydrogens is 457 g/mol. The Morgan fingerprint density at radius 2 is 1.59 bits per heavy atom. The van der Waals surface area contributed by atoms with E-state index >= 15 is 0 Å². The highest BCUT2D eigenvalue weighted by molar-refractivity contribution is 6.43. The first kappa shape index (κ1) is 22.1. The van der Waals surface area contributed by atoms with Crippen molar-refractivity contribution >= 4 is 58.3 Å². The molecule has 1 N–H and O–H groups in total. The van der Waals surface area contributed by atoms with Gasteiger partial charge in [-0.05, 0) is 43.2 Å². The third kappa shape index (κ3) is 4.03. The maximum Gasteiger partial charge on any atom is 0.337 e. The summed E-state index contributed by atoms with van der Waals surface area (Å²) < 4.78 is 4.77.